The van der Waals surface area contributed by atoms with E-state index in [-0.39, 0.29) is 17.1 Å². The molecule has 2 atom stereocenters. The molecule has 2 N–H and O–H groups in total. The number of thiophene rings is 1. The van der Waals surface area contributed by atoms with Crippen LogP contribution in [-0.2, 0) is 15.0 Å². The quantitative estimate of drug-likeness (QED) is 0.593. The van der Waals surface area contributed by atoms with Gasteiger partial charge in [0.1, 0.15) is 11.9 Å². The molecule has 1 aliphatic heterocycles. The minimum absolute atomic E-state index is 0.136. The van der Waals surface area contributed by atoms with E-state index in [1.165, 1.54) is 30.5 Å². The molecule has 11 heteroatoms. The Labute approximate surface area is 188 Å². The Hall–Kier alpha value is -2.37. The van der Waals surface area contributed by atoms with Crippen molar-refractivity contribution in [2.24, 2.45) is 0 Å². The second-order valence-corrected chi connectivity index (χ2v) is 10.3. The van der Waals surface area contributed by atoms with E-state index in [1.807, 2.05) is 24.3 Å². The number of likely N-dealkylation sites (N-methyl/N-ethyl adjacent to an activating group) is 1. The second-order valence-electron chi connectivity index (χ2n) is 7.01. The van der Waals surface area contributed by atoms with E-state index in [2.05, 4.69) is 15.0 Å². The van der Waals surface area contributed by atoms with E-state index in [9.17, 15) is 17.6 Å². The summed E-state index contributed by atoms with van der Waals surface area (Å²) in [5.74, 6) is -1.13. The zero-order chi connectivity index (χ0) is 22.2. The fourth-order valence-electron chi connectivity index (χ4n) is 3.30. The molecule has 4 rings (SSSR count). The van der Waals surface area contributed by atoms with Crippen LogP contribution < -0.4 is 10.0 Å². The van der Waals surface area contributed by atoms with Crippen LogP contribution in [0.4, 0.5) is 10.1 Å². The number of anilines is 1. The lowest BCUT2D eigenvalue weighted by Gasteiger charge is -2.35. The number of pyridine rings is 1. The molecule has 0 saturated carbocycles. The summed E-state index contributed by atoms with van der Waals surface area (Å²) < 4.78 is 42.3. The summed E-state index contributed by atoms with van der Waals surface area (Å²) in [5, 5.41) is 2.49. The molecule has 31 heavy (non-hydrogen) atoms. The van der Waals surface area contributed by atoms with Crippen LogP contribution >= 0.6 is 22.9 Å². The van der Waals surface area contributed by atoms with E-state index < -0.39 is 34.0 Å². The largest absolute Gasteiger partial charge is 0.325 e. The molecule has 1 aromatic carbocycles. The first-order valence-electron chi connectivity index (χ1n) is 9.26. The number of nitrogens with one attached hydrogen (secondary N) is 2. The van der Waals surface area contributed by atoms with Crippen LogP contribution in [-0.4, -0.2) is 36.7 Å². The minimum atomic E-state index is -3.88. The van der Waals surface area contributed by atoms with Gasteiger partial charge in [-0.25, -0.2) is 4.39 Å². The maximum Gasteiger partial charge on any atom is 0.280 e. The minimum Gasteiger partial charge on any atom is -0.325 e. The lowest BCUT2D eigenvalue weighted by atomic mass is 10.1. The number of aromatic nitrogens is 1. The maximum atomic E-state index is 13.4. The van der Waals surface area contributed by atoms with Gasteiger partial charge in [0.15, 0.2) is 0 Å². The highest BCUT2D eigenvalue weighted by Gasteiger charge is 2.41. The third-order valence-electron chi connectivity index (χ3n) is 4.97. The van der Waals surface area contributed by atoms with Crippen LogP contribution in [0.5, 0.6) is 0 Å². The van der Waals surface area contributed by atoms with Crippen molar-refractivity contribution in [3.8, 4) is 10.4 Å². The van der Waals surface area contributed by atoms with Gasteiger partial charge >= 0.3 is 0 Å². The van der Waals surface area contributed by atoms with Crippen LogP contribution in [0.1, 0.15) is 17.3 Å². The first kappa shape index (κ1) is 21.8. The highest BCUT2D eigenvalue weighted by atomic mass is 35.5. The number of benzene rings is 1. The van der Waals surface area contributed by atoms with Crippen molar-refractivity contribution >= 4 is 44.7 Å². The summed E-state index contributed by atoms with van der Waals surface area (Å²) in [6, 6.07) is 9.76. The first-order valence-corrected chi connectivity index (χ1v) is 11.9. The molecule has 1 aliphatic rings. The number of nitrogens with zero attached hydrogens (tertiary/aromatic N) is 2. The number of hydrogen-bond acceptors (Lipinski definition) is 5. The molecule has 1 fully saturated rings. The average molecular weight is 481 g/mol. The SMILES string of the molecule is CN1[C@@H](C(=O)Nc2ccc(F)c(Cl)c2)C[C@@H](c2ccc(-c3cccnc3)s2)NS1(=O)=O. The first-order chi connectivity index (χ1) is 14.7. The van der Waals surface area contributed by atoms with E-state index in [0.717, 1.165) is 25.7 Å². The van der Waals surface area contributed by atoms with Crippen LogP contribution in [0.25, 0.3) is 10.4 Å². The number of halogens is 2. The summed E-state index contributed by atoms with van der Waals surface area (Å²) in [5.41, 5.74) is 1.21. The van der Waals surface area contributed by atoms with Crippen molar-refractivity contribution in [1.82, 2.24) is 14.0 Å². The molecule has 3 heterocycles. The van der Waals surface area contributed by atoms with Crippen molar-refractivity contribution in [3.63, 3.8) is 0 Å². The predicted octanol–water partition coefficient (Wildman–Crippen LogP) is 3.82. The van der Waals surface area contributed by atoms with E-state index in [1.54, 1.807) is 12.4 Å². The Morgan fingerprint density at radius 1 is 1.32 bits per heavy atom. The van der Waals surface area contributed by atoms with Gasteiger partial charge < -0.3 is 5.32 Å². The van der Waals surface area contributed by atoms with Crippen molar-refractivity contribution in [3.05, 3.63) is 70.6 Å². The van der Waals surface area contributed by atoms with Gasteiger partial charge in [-0.15, -0.1) is 11.3 Å². The van der Waals surface area contributed by atoms with E-state index in [0.29, 0.717) is 0 Å². The van der Waals surface area contributed by atoms with Gasteiger partial charge in [0, 0.05) is 40.4 Å². The molecular weight excluding hydrogens is 463 g/mol. The van der Waals surface area contributed by atoms with E-state index in [4.69, 9.17) is 11.6 Å². The summed E-state index contributed by atoms with van der Waals surface area (Å²) in [7, 11) is -2.54. The highest BCUT2D eigenvalue weighted by Crippen LogP contribution is 2.36. The van der Waals surface area contributed by atoms with Gasteiger partial charge in [-0.3, -0.25) is 9.78 Å². The third kappa shape index (κ3) is 4.63. The van der Waals surface area contributed by atoms with Crippen molar-refractivity contribution in [1.29, 1.82) is 0 Å². The maximum absolute atomic E-state index is 13.4. The highest BCUT2D eigenvalue weighted by molar-refractivity contribution is 7.87. The number of hydrogen-bond donors (Lipinski definition) is 2. The smallest absolute Gasteiger partial charge is 0.280 e. The standard InChI is InChI=1S/C20H18ClFN4O3S2/c1-26-17(20(27)24-13-4-5-15(22)14(21)9-13)10-16(25-31(26,28)29)19-7-6-18(30-19)12-3-2-8-23-11-12/h2-9,11,16-17,25H,10H2,1H3,(H,24,27)/t16-,17+/m0/s1. The van der Waals surface area contributed by atoms with Crippen LogP contribution in [0.15, 0.2) is 54.9 Å². The molecular formula is C20H18ClFN4O3S2. The molecule has 0 bridgehead atoms. The van der Waals surface area contributed by atoms with Crippen LogP contribution in [0, 0.1) is 5.82 Å². The molecule has 0 unspecified atom stereocenters. The Balaban J connectivity index is 1.57. The zero-order valence-electron chi connectivity index (χ0n) is 16.2. The average Bonchev–Trinajstić information content (AvgIpc) is 3.23. The van der Waals surface area contributed by atoms with Gasteiger partial charge in [-0.1, -0.05) is 17.7 Å². The van der Waals surface area contributed by atoms with Gasteiger partial charge in [-0.2, -0.15) is 17.4 Å². The summed E-state index contributed by atoms with van der Waals surface area (Å²) in [4.78, 5) is 18.7. The lowest BCUT2D eigenvalue weighted by molar-refractivity contribution is -0.120. The molecule has 1 saturated heterocycles. The van der Waals surface area contributed by atoms with Crippen molar-refractivity contribution < 1.29 is 17.6 Å². The molecule has 0 aliphatic carbocycles. The summed E-state index contributed by atoms with van der Waals surface area (Å²) >= 11 is 7.21. The van der Waals surface area contributed by atoms with E-state index >= 15 is 0 Å². The molecule has 3 aromatic rings. The lowest BCUT2D eigenvalue weighted by Crippen LogP contribution is -2.55. The topological polar surface area (TPSA) is 91.4 Å². The van der Waals surface area contributed by atoms with Gasteiger partial charge in [-0.05, 0) is 42.8 Å². The Morgan fingerprint density at radius 3 is 2.84 bits per heavy atom. The summed E-state index contributed by atoms with van der Waals surface area (Å²) in [6.07, 6.45) is 3.64. The molecule has 2 aromatic heterocycles. The zero-order valence-corrected chi connectivity index (χ0v) is 18.6. The van der Waals surface area contributed by atoms with Gasteiger partial charge in [0.2, 0.25) is 5.91 Å². The van der Waals surface area contributed by atoms with Crippen LogP contribution in [0.2, 0.25) is 5.02 Å². The molecule has 0 radical (unpaired) electrons. The second kappa shape index (κ2) is 8.64. The third-order valence-corrected chi connectivity index (χ3v) is 8.11. The normalized spacial score (nSPS) is 21.0. The van der Waals surface area contributed by atoms with Gasteiger partial charge in [0.05, 0.1) is 11.1 Å². The predicted molar refractivity (Wildman–Crippen MR) is 119 cm³/mol. The van der Waals surface area contributed by atoms with Crippen molar-refractivity contribution in [2.75, 3.05) is 12.4 Å². The van der Waals surface area contributed by atoms with Crippen LogP contribution in [0.3, 0.4) is 0 Å². The number of carbonyl (C=O) groups excluding carboxylic acids is 1. The Bertz CT molecular complexity index is 1220. The van der Waals surface area contributed by atoms with Gasteiger partial charge in [0.25, 0.3) is 10.2 Å². The fraction of sp³-hybridized carbons (Fsp3) is 0.200. The fourth-order valence-corrected chi connectivity index (χ4v) is 5.88. The number of rotatable bonds is 4. The summed E-state index contributed by atoms with van der Waals surface area (Å²) in [6.45, 7) is 0. The van der Waals surface area contributed by atoms with Crippen molar-refractivity contribution in [2.45, 2.75) is 18.5 Å². The molecule has 162 valence electrons. The Kier molecular flexibility index (Phi) is 6.09. The number of carbonyl (C=O) groups is 1. The molecule has 0 spiro atoms. The molecule has 7 nitrogen and oxygen atoms in total. The molecule has 1 amide bonds. The monoisotopic (exact) mass is 480 g/mol. The Morgan fingerprint density at radius 2 is 2.13 bits per heavy atom. The number of amides is 1.